The quantitative estimate of drug-likeness (QED) is 0.310. The number of carboxylic acid groups (broad SMARTS) is 1. The van der Waals surface area contributed by atoms with Crippen molar-refractivity contribution in [1.29, 1.82) is 0 Å². The minimum absolute atomic E-state index is 0.0127. The van der Waals surface area contributed by atoms with Gasteiger partial charge in [0.25, 0.3) is 5.91 Å². The number of methoxy groups -OCH3 is 1. The second-order valence-electron chi connectivity index (χ2n) is 14.6. The van der Waals surface area contributed by atoms with E-state index in [1.54, 1.807) is 6.92 Å². The number of pyridine rings is 1. The van der Waals surface area contributed by atoms with Gasteiger partial charge in [0.1, 0.15) is 29.5 Å². The van der Waals surface area contributed by atoms with Gasteiger partial charge in [0.05, 0.1) is 24.6 Å². The van der Waals surface area contributed by atoms with Gasteiger partial charge in [-0.3, -0.25) is 19.1 Å². The molecular formula is C35H45N5O9S. The number of ether oxygens (including phenoxy) is 2. The van der Waals surface area contributed by atoms with Crippen LogP contribution in [0.15, 0.2) is 42.6 Å². The van der Waals surface area contributed by atoms with Gasteiger partial charge in [-0.2, -0.15) is 0 Å². The Balaban J connectivity index is 1.34. The normalized spacial score (nSPS) is 30.9. The maximum Gasteiger partial charge on any atom is 0.405 e. The van der Waals surface area contributed by atoms with Crippen LogP contribution in [0.3, 0.4) is 0 Å². The van der Waals surface area contributed by atoms with Gasteiger partial charge in [0.2, 0.25) is 27.7 Å². The second-order valence-corrected chi connectivity index (χ2v) is 16.8. The molecule has 3 fully saturated rings. The fourth-order valence-corrected chi connectivity index (χ4v) is 8.60. The standard InChI is InChI=1S/C35H45N5O9S/c1-20-9-5-6-10-22-17-35(22,32(43)39-50(46,47)34(3)13-14-34)38-29(41)26-16-23(19-40(26)31(42)28(21(2)15-20)37-33(44)45)49-30-25-12-8-7-11-24(25)27(48-4)18-36-30/h6-8,10-12,18,20-23,26,28,37H,5,9,13-17,19H2,1-4H3,(H,38,41)(H,39,43)(H,44,45)/t20-,21-,22-,23-,26+,28+,35-/m1/s1. The highest BCUT2D eigenvalue weighted by atomic mass is 32.2. The van der Waals surface area contributed by atoms with E-state index in [-0.39, 0.29) is 31.2 Å². The lowest BCUT2D eigenvalue weighted by atomic mass is 9.88. The van der Waals surface area contributed by atoms with E-state index < -0.39 is 74.1 Å². The molecule has 0 bridgehead atoms. The summed E-state index contributed by atoms with van der Waals surface area (Å²) in [4.78, 5) is 60.1. The fraction of sp³-hybridized carbons (Fsp3) is 0.571. The van der Waals surface area contributed by atoms with Gasteiger partial charge >= 0.3 is 6.09 Å². The molecule has 2 saturated carbocycles. The van der Waals surface area contributed by atoms with Crippen LogP contribution in [0, 0.1) is 17.8 Å². The van der Waals surface area contributed by atoms with E-state index in [1.807, 2.05) is 50.3 Å². The van der Waals surface area contributed by atoms with Gasteiger partial charge in [0.15, 0.2) is 0 Å². The van der Waals surface area contributed by atoms with Crippen molar-refractivity contribution >= 4 is 44.6 Å². The number of hydrogen-bond acceptors (Lipinski definition) is 9. The van der Waals surface area contributed by atoms with Crippen molar-refractivity contribution in [2.45, 2.75) is 94.2 Å². The third-order valence-corrected chi connectivity index (χ3v) is 12.9. The number of aromatic nitrogens is 1. The van der Waals surface area contributed by atoms with Crippen LogP contribution in [0.2, 0.25) is 0 Å². The molecule has 50 heavy (non-hydrogen) atoms. The van der Waals surface area contributed by atoms with Gasteiger partial charge in [-0.1, -0.05) is 44.2 Å². The minimum Gasteiger partial charge on any atom is -0.494 e. The van der Waals surface area contributed by atoms with Gasteiger partial charge < -0.3 is 30.1 Å². The number of hydrogen-bond donors (Lipinski definition) is 4. The number of carbonyl (C=O) groups is 4. The molecule has 7 atom stereocenters. The zero-order valence-corrected chi connectivity index (χ0v) is 29.5. The number of allylic oxidation sites excluding steroid dienone is 1. The van der Waals surface area contributed by atoms with E-state index >= 15 is 0 Å². The highest BCUT2D eigenvalue weighted by Gasteiger charge is 2.63. The Morgan fingerprint density at radius 3 is 2.52 bits per heavy atom. The predicted octanol–water partition coefficient (Wildman–Crippen LogP) is 3.11. The molecule has 2 aliphatic heterocycles. The van der Waals surface area contributed by atoms with E-state index in [1.165, 1.54) is 18.2 Å². The van der Waals surface area contributed by atoms with Crippen LogP contribution in [0.25, 0.3) is 10.8 Å². The molecular weight excluding hydrogens is 666 g/mol. The zero-order chi connectivity index (χ0) is 36.0. The summed E-state index contributed by atoms with van der Waals surface area (Å²) in [6.07, 6.45) is 6.20. The molecule has 15 heteroatoms. The van der Waals surface area contributed by atoms with E-state index in [2.05, 4.69) is 20.3 Å². The Bertz CT molecular complexity index is 1830. The van der Waals surface area contributed by atoms with Crippen LogP contribution in [0.5, 0.6) is 11.6 Å². The molecule has 14 nitrogen and oxygen atoms in total. The van der Waals surface area contributed by atoms with E-state index in [0.717, 1.165) is 11.8 Å². The summed E-state index contributed by atoms with van der Waals surface area (Å²) in [6.45, 7) is 5.36. The monoisotopic (exact) mass is 711 g/mol. The molecule has 2 aromatic rings. The lowest BCUT2D eigenvalue weighted by Gasteiger charge is -2.32. The van der Waals surface area contributed by atoms with Gasteiger partial charge in [0, 0.05) is 23.1 Å². The minimum atomic E-state index is -3.99. The number of carbonyl (C=O) groups excluding carboxylic acids is 3. The average Bonchev–Trinajstić information content (AvgIpc) is 3.95. The fourth-order valence-electron chi connectivity index (χ4n) is 7.29. The van der Waals surface area contributed by atoms with Crippen LogP contribution >= 0.6 is 0 Å². The molecule has 270 valence electrons. The average molecular weight is 712 g/mol. The first-order valence-electron chi connectivity index (χ1n) is 17.1. The number of nitrogens with zero attached hydrogens (tertiary/aromatic N) is 2. The SMILES string of the molecule is COc1cnc(O[C@@H]2C[C@H]3C(=O)N[C@]4(C(=O)NS(=O)(=O)C5(C)CC5)C[C@H]4C=CCC[C@@H](C)C[C@@H](C)[C@H](NC(=O)O)C(=O)N3C2)c2ccccc12. The molecule has 6 rings (SSSR count). The molecule has 0 unspecified atom stereocenters. The molecule has 1 saturated heterocycles. The predicted molar refractivity (Wildman–Crippen MR) is 183 cm³/mol. The van der Waals surface area contributed by atoms with Crippen molar-refractivity contribution in [2.24, 2.45) is 17.8 Å². The van der Waals surface area contributed by atoms with Gasteiger partial charge in [-0.25, -0.2) is 18.2 Å². The molecule has 4 amide bonds. The van der Waals surface area contributed by atoms with Crippen molar-refractivity contribution in [3.8, 4) is 11.6 Å². The largest absolute Gasteiger partial charge is 0.494 e. The summed E-state index contributed by atoms with van der Waals surface area (Å²) in [5, 5.41) is 16.4. The topological polar surface area (TPSA) is 193 Å². The highest BCUT2D eigenvalue weighted by Crippen LogP contribution is 2.47. The highest BCUT2D eigenvalue weighted by molar-refractivity contribution is 7.91. The number of benzene rings is 1. The first kappa shape index (κ1) is 35.4. The van der Waals surface area contributed by atoms with Gasteiger partial charge in [-0.15, -0.1) is 0 Å². The lowest BCUT2D eigenvalue weighted by molar-refractivity contribution is -0.142. The summed E-state index contributed by atoms with van der Waals surface area (Å²) in [7, 11) is -2.46. The van der Waals surface area contributed by atoms with Crippen LogP contribution in [-0.2, 0) is 24.4 Å². The smallest absolute Gasteiger partial charge is 0.405 e. The van der Waals surface area contributed by atoms with E-state index in [4.69, 9.17) is 9.47 Å². The molecule has 0 radical (unpaired) electrons. The van der Waals surface area contributed by atoms with Crippen LogP contribution in [0.1, 0.15) is 65.7 Å². The van der Waals surface area contributed by atoms with Crippen molar-refractivity contribution in [3.63, 3.8) is 0 Å². The van der Waals surface area contributed by atoms with Crippen molar-refractivity contribution < 1.29 is 42.2 Å². The zero-order valence-electron chi connectivity index (χ0n) is 28.7. The number of fused-ring (bicyclic) bond motifs is 3. The Morgan fingerprint density at radius 2 is 1.84 bits per heavy atom. The van der Waals surface area contributed by atoms with Crippen LogP contribution in [0.4, 0.5) is 4.79 Å². The number of nitrogens with one attached hydrogen (secondary N) is 3. The van der Waals surface area contributed by atoms with Crippen LogP contribution in [-0.4, -0.2) is 89.4 Å². The number of amides is 4. The third kappa shape index (κ3) is 6.83. The maximum absolute atomic E-state index is 14.3. The summed E-state index contributed by atoms with van der Waals surface area (Å²) in [5.41, 5.74) is -1.54. The Labute approximate surface area is 291 Å². The van der Waals surface area contributed by atoms with Crippen molar-refractivity contribution in [1.82, 2.24) is 25.2 Å². The lowest BCUT2D eigenvalue weighted by Crippen LogP contribution is -2.59. The summed E-state index contributed by atoms with van der Waals surface area (Å²) in [5.74, 6) is -1.99. The number of rotatable bonds is 7. The molecule has 0 spiro atoms. The summed E-state index contributed by atoms with van der Waals surface area (Å²) < 4.78 is 39.2. The maximum atomic E-state index is 14.3. The molecule has 4 N–H and O–H groups in total. The third-order valence-electron chi connectivity index (χ3n) is 10.7. The van der Waals surface area contributed by atoms with E-state index in [0.29, 0.717) is 36.8 Å². The Morgan fingerprint density at radius 1 is 1.12 bits per heavy atom. The molecule has 2 aliphatic carbocycles. The summed E-state index contributed by atoms with van der Waals surface area (Å²) in [6, 6.07) is 5.05. The Kier molecular flexibility index (Phi) is 9.48. The first-order valence-corrected chi connectivity index (χ1v) is 18.6. The molecule has 1 aromatic carbocycles. The van der Waals surface area contributed by atoms with Crippen molar-refractivity contribution in [3.05, 3.63) is 42.6 Å². The summed E-state index contributed by atoms with van der Waals surface area (Å²) >= 11 is 0. The van der Waals surface area contributed by atoms with Crippen LogP contribution < -0.4 is 24.8 Å². The van der Waals surface area contributed by atoms with Gasteiger partial charge in [-0.05, 0) is 63.4 Å². The van der Waals surface area contributed by atoms with Crippen molar-refractivity contribution in [2.75, 3.05) is 13.7 Å². The first-order chi connectivity index (χ1) is 23.7. The molecule has 4 aliphatic rings. The second kappa shape index (κ2) is 13.4. The molecule has 1 aromatic heterocycles. The Hall–Kier alpha value is -4.40. The molecule has 3 heterocycles. The van der Waals surface area contributed by atoms with E-state index in [9.17, 15) is 32.7 Å². The number of sulfonamides is 1.